The van der Waals surface area contributed by atoms with Crippen molar-refractivity contribution in [2.75, 3.05) is 31.4 Å². The molecule has 0 aliphatic rings. The summed E-state index contributed by atoms with van der Waals surface area (Å²) in [5, 5.41) is 12.4. The highest BCUT2D eigenvalue weighted by Gasteiger charge is 2.13. The van der Waals surface area contributed by atoms with Crippen molar-refractivity contribution in [1.29, 1.82) is 0 Å². The molecule has 0 aromatic carbocycles. The first-order chi connectivity index (χ1) is 8.74. The van der Waals surface area contributed by atoms with E-state index in [-0.39, 0.29) is 18.6 Å². The number of aromatic amines is 1. The van der Waals surface area contributed by atoms with Crippen LogP contribution >= 0.6 is 0 Å². The fourth-order valence-electron chi connectivity index (χ4n) is 1.62. The van der Waals surface area contributed by atoms with E-state index in [0.717, 1.165) is 0 Å². The molecule has 0 amide bonds. The first kappa shape index (κ1) is 12.5. The van der Waals surface area contributed by atoms with Crippen LogP contribution in [0.25, 0.3) is 11.2 Å². The van der Waals surface area contributed by atoms with Crippen LogP contribution in [0.3, 0.4) is 0 Å². The summed E-state index contributed by atoms with van der Waals surface area (Å²) in [5.41, 5.74) is 6.76. The number of hydrogen-bond acceptors (Lipinski definition) is 7. The molecule has 8 heteroatoms. The zero-order chi connectivity index (χ0) is 13.0. The maximum atomic E-state index is 9.29. The molecule has 98 valence electrons. The summed E-state index contributed by atoms with van der Waals surface area (Å²) in [5.74, 6) is 0.672. The van der Waals surface area contributed by atoms with Crippen LogP contribution in [0.5, 0.6) is 0 Å². The zero-order valence-corrected chi connectivity index (χ0v) is 10.1. The molecule has 0 fully saturated rings. The van der Waals surface area contributed by atoms with Crippen LogP contribution in [0.2, 0.25) is 0 Å². The Bertz CT molecular complexity index is 514. The molecule has 0 spiro atoms. The van der Waals surface area contributed by atoms with Crippen molar-refractivity contribution in [2.24, 2.45) is 0 Å². The lowest BCUT2D eigenvalue weighted by molar-refractivity contribution is 0.174. The van der Waals surface area contributed by atoms with Gasteiger partial charge in [0, 0.05) is 13.7 Å². The molecule has 2 aromatic heterocycles. The third-order valence-electron chi connectivity index (χ3n) is 2.53. The van der Waals surface area contributed by atoms with Crippen LogP contribution < -0.4 is 11.1 Å². The number of methoxy groups -OCH3 is 1. The van der Waals surface area contributed by atoms with E-state index in [1.54, 1.807) is 7.11 Å². The number of H-pyrrole nitrogens is 1. The number of aromatic nitrogens is 4. The van der Waals surface area contributed by atoms with Crippen LogP contribution in [-0.2, 0) is 4.74 Å². The molecular formula is C10H16N6O2. The van der Waals surface area contributed by atoms with Gasteiger partial charge in [0.25, 0.3) is 0 Å². The molecule has 2 aromatic rings. The quantitative estimate of drug-likeness (QED) is 0.559. The standard InChI is InChI=1S/C10H16N6O2/c1-18-3-2-6(4-17)14-9-7-8(13-5-12-7)15-10(11)16-9/h5-6,17H,2-4H2,1H3,(H4,11,12,13,14,15,16). The van der Waals surface area contributed by atoms with E-state index in [4.69, 9.17) is 10.5 Å². The number of rotatable bonds is 6. The maximum Gasteiger partial charge on any atom is 0.224 e. The Balaban J connectivity index is 2.21. The molecule has 2 rings (SSSR count). The topological polar surface area (TPSA) is 122 Å². The van der Waals surface area contributed by atoms with Crippen molar-refractivity contribution < 1.29 is 9.84 Å². The van der Waals surface area contributed by atoms with Gasteiger partial charge in [-0.25, -0.2) is 4.98 Å². The highest BCUT2D eigenvalue weighted by Crippen LogP contribution is 2.18. The average molecular weight is 252 g/mol. The number of hydrogen-bond donors (Lipinski definition) is 4. The number of ether oxygens (including phenoxy) is 1. The Morgan fingerprint density at radius 2 is 2.39 bits per heavy atom. The van der Waals surface area contributed by atoms with E-state index < -0.39 is 0 Å². The predicted octanol–water partition coefficient (Wildman–Crippen LogP) is -0.256. The largest absolute Gasteiger partial charge is 0.394 e. The monoisotopic (exact) mass is 252 g/mol. The summed E-state index contributed by atoms with van der Waals surface area (Å²) in [6, 6.07) is -0.161. The van der Waals surface area contributed by atoms with Gasteiger partial charge < -0.3 is 25.9 Å². The Hall–Kier alpha value is -1.93. The molecule has 5 N–H and O–H groups in total. The molecule has 8 nitrogen and oxygen atoms in total. The van der Waals surface area contributed by atoms with Crippen LogP contribution in [0.4, 0.5) is 11.8 Å². The van der Waals surface area contributed by atoms with Gasteiger partial charge in [-0.15, -0.1) is 0 Å². The van der Waals surface area contributed by atoms with E-state index in [9.17, 15) is 5.11 Å². The molecule has 0 saturated heterocycles. The molecule has 2 heterocycles. The van der Waals surface area contributed by atoms with E-state index >= 15 is 0 Å². The van der Waals surface area contributed by atoms with Gasteiger partial charge in [0.1, 0.15) is 5.52 Å². The normalized spacial score (nSPS) is 12.8. The highest BCUT2D eigenvalue weighted by molar-refractivity contribution is 5.83. The third kappa shape index (κ3) is 2.66. The number of aliphatic hydroxyl groups excluding tert-OH is 1. The van der Waals surface area contributed by atoms with E-state index in [1.165, 1.54) is 6.33 Å². The van der Waals surface area contributed by atoms with Crippen LogP contribution in [0.1, 0.15) is 6.42 Å². The first-order valence-corrected chi connectivity index (χ1v) is 5.57. The van der Waals surface area contributed by atoms with Crippen molar-refractivity contribution >= 4 is 22.9 Å². The van der Waals surface area contributed by atoms with Gasteiger partial charge in [0.15, 0.2) is 11.5 Å². The van der Waals surface area contributed by atoms with Crippen LogP contribution in [0, 0.1) is 0 Å². The van der Waals surface area contributed by atoms with Crippen molar-refractivity contribution in [3.05, 3.63) is 6.33 Å². The lowest BCUT2D eigenvalue weighted by Crippen LogP contribution is -2.26. The lowest BCUT2D eigenvalue weighted by atomic mass is 10.2. The third-order valence-corrected chi connectivity index (χ3v) is 2.53. The molecule has 1 unspecified atom stereocenters. The Kier molecular flexibility index (Phi) is 3.90. The second-order valence-electron chi connectivity index (χ2n) is 3.84. The SMILES string of the molecule is COCCC(CO)Nc1nc(N)nc2nc[nH]c12. The van der Waals surface area contributed by atoms with Crippen LogP contribution in [0.15, 0.2) is 6.33 Å². The highest BCUT2D eigenvalue weighted by atomic mass is 16.5. The van der Waals surface area contributed by atoms with Crippen molar-refractivity contribution in [1.82, 2.24) is 19.9 Å². The first-order valence-electron chi connectivity index (χ1n) is 5.57. The predicted molar refractivity (Wildman–Crippen MR) is 67.1 cm³/mol. The molecule has 1 atom stereocenters. The fraction of sp³-hybridized carbons (Fsp3) is 0.500. The van der Waals surface area contributed by atoms with Gasteiger partial charge in [-0.05, 0) is 6.42 Å². The average Bonchev–Trinajstić information content (AvgIpc) is 2.82. The molecule has 0 aliphatic heterocycles. The Morgan fingerprint density at radius 1 is 1.56 bits per heavy atom. The molecule has 0 radical (unpaired) electrons. The number of nitrogen functional groups attached to an aromatic ring is 1. The summed E-state index contributed by atoms with van der Waals surface area (Å²) in [6.07, 6.45) is 2.18. The van der Waals surface area contributed by atoms with Gasteiger partial charge in [0.05, 0.1) is 19.0 Å². The van der Waals surface area contributed by atoms with Crippen molar-refractivity contribution in [3.8, 4) is 0 Å². The smallest absolute Gasteiger partial charge is 0.224 e. The van der Waals surface area contributed by atoms with Gasteiger partial charge in [0.2, 0.25) is 5.95 Å². The number of anilines is 2. The van der Waals surface area contributed by atoms with E-state index in [1.807, 2.05) is 0 Å². The summed E-state index contributed by atoms with van der Waals surface area (Å²) >= 11 is 0. The molecule has 0 saturated carbocycles. The summed E-state index contributed by atoms with van der Waals surface area (Å²) in [4.78, 5) is 15.0. The number of nitrogens with two attached hydrogens (primary N) is 1. The Morgan fingerprint density at radius 3 is 3.11 bits per heavy atom. The van der Waals surface area contributed by atoms with Crippen molar-refractivity contribution in [2.45, 2.75) is 12.5 Å². The zero-order valence-electron chi connectivity index (χ0n) is 10.1. The van der Waals surface area contributed by atoms with E-state index in [2.05, 4.69) is 25.3 Å². The van der Waals surface area contributed by atoms with Gasteiger partial charge in [-0.2, -0.15) is 9.97 Å². The van der Waals surface area contributed by atoms with Gasteiger partial charge in [-0.1, -0.05) is 0 Å². The second kappa shape index (κ2) is 5.61. The number of imidazole rings is 1. The minimum atomic E-state index is -0.161. The summed E-state index contributed by atoms with van der Waals surface area (Å²) < 4.78 is 4.98. The molecule has 0 aliphatic carbocycles. The molecule has 0 bridgehead atoms. The number of nitrogens with zero attached hydrogens (tertiary/aromatic N) is 3. The summed E-state index contributed by atoms with van der Waals surface area (Å²) in [6.45, 7) is 0.522. The lowest BCUT2D eigenvalue weighted by Gasteiger charge is -2.16. The molecular weight excluding hydrogens is 236 g/mol. The maximum absolute atomic E-state index is 9.29. The number of fused-ring (bicyclic) bond motifs is 1. The minimum absolute atomic E-state index is 0.0249. The number of aliphatic hydroxyl groups is 1. The van der Waals surface area contributed by atoms with Crippen LogP contribution in [-0.4, -0.2) is 51.4 Å². The number of nitrogens with one attached hydrogen (secondary N) is 2. The fourth-order valence-corrected chi connectivity index (χ4v) is 1.62. The Labute approximate surface area is 104 Å². The van der Waals surface area contributed by atoms with Gasteiger partial charge in [-0.3, -0.25) is 0 Å². The van der Waals surface area contributed by atoms with Gasteiger partial charge >= 0.3 is 0 Å². The second-order valence-corrected chi connectivity index (χ2v) is 3.84. The summed E-state index contributed by atoms with van der Waals surface area (Å²) in [7, 11) is 1.62. The minimum Gasteiger partial charge on any atom is -0.394 e. The van der Waals surface area contributed by atoms with Crippen molar-refractivity contribution in [3.63, 3.8) is 0 Å². The van der Waals surface area contributed by atoms with E-state index in [0.29, 0.717) is 30.0 Å². The molecule has 18 heavy (non-hydrogen) atoms.